The van der Waals surface area contributed by atoms with Crippen molar-refractivity contribution in [3.63, 3.8) is 0 Å². The fraction of sp³-hybridized carbons (Fsp3) is 0.792. The Morgan fingerprint density at radius 2 is 0.927 bits per heavy atom. The molecule has 1 rings (SSSR count). The quantitative estimate of drug-likeness (QED) is 0.0288. The lowest BCUT2D eigenvalue weighted by molar-refractivity contribution is -0.137. The van der Waals surface area contributed by atoms with Crippen molar-refractivity contribution in [1.82, 2.24) is 58.5 Å². The number of rotatable bonds is 31. The molecule has 14 atom stereocenters. The van der Waals surface area contributed by atoms with Crippen LogP contribution in [0, 0.1) is 17.8 Å². The van der Waals surface area contributed by atoms with Crippen LogP contribution in [0.15, 0.2) is 0 Å². The predicted octanol–water partition coefficient (Wildman–Crippen LogP) is -5.44. The van der Waals surface area contributed by atoms with E-state index < -0.39 is 156 Å². The smallest absolute Gasteiger partial charge is 0.245 e. The molecular formula is C53H100N16O13. The van der Waals surface area contributed by atoms with Crippen molar-refractivity contribution in [3.8, 4) is 0 Å². The molecular weight excluding hydrogens is 1070 g/mol. The lowest BCUT2D eigenvalue weighted by Gasteiger charge is -2.29. The first-order valence-corrected chi connectivity index (χ1v) is 28.9. The SMILES string of the molecule is CCC(C)CCCCC(=O)N[C@@H](CCN)C(=O)N[C@H](C(=O)N[C@@H](CCN)C(=O)NCC[C@@H]1NC(=O)[C@H]([C@@H](C)O)NC(=O)[C@H](CCN)NC(=O)[C@H](CCN)NC(=O)[C@H]([C@@H](C)CC)NC(=O)[C@H](CCN)NC(=O)[C@@H](CC(C)C)NC1=O)[C@@H](C)O. The van der Waals surface area contributed by atoms with E-state index in [0.29, 0.717) is 18.8 Å². The monoisotopic (exact) mass is 1170 g/mol. The lowest BCUT2D eigenvalue weighted by atomic mass is 9.96. The van der Waals surface area contributed by atoms with Crippen LogP contribution in [0.4, 0.5) is 0 Å². The zero-order valence-corrected chi connectivity index (χ0v) is 49.4. The number of amides is 11. The highest BCUT2D eigenvalue weighted by Gasteiger charge is 2.38. The molecule has 1 aliphatic heterocycles. The van der Waals surface area contributed by atoms with Gasteiger partial charge in [-0.15, -0.1) is 0 Å². The van der Waals surface area contributed by atoms with E-state index in [9.17, 15) is 63.0 Å². The molecule has 0 aromatic rings. The average Bonchev–Trinajstić information content (AvgIpc) is 3.49. The second-order valence-corrected chi connectivity index (χ2v) is 21.7. The minimum Gasteiger partial charge on any atom is -0.391 e. The summed E-state index contributed by atoms with van der Waals surface area (Å²) in [5.41, 5.74) is 29.1. The highest BCUT2D eigenvalue weighted by atomic mass is 16.3. The Morgan fingerprint density at radius 3 is 1.38 bits per heavy atom. The molecule has 0 spiro atoms. The van der Waals surface area contributed by atoms with Crippen molar-refractivity contribution in [2.45, 2.75) is 211 Å². The minimum absolute atomic E-state index is 0.000553. The molecule has 0 aliphatic carbocycles. The number of aliphatic hydroxyl groups is 2. The first-order valence-electron chi connectivity index (χ1n) is 28.9. The summed E-state index contributed by atoms with van der Waals surface area (Å²) in [6.45, 7) is 12.6. The predicted molar refractivity (Wildman–Crippen MR) is 305 cm³/mol. The largest absolute Gasteiger partial charge is 0.391 e. The van der Waals surface area contributed by atoms with Crippen LogP contribution in [0.5, 0.6) is 0 Å². The summed E-state index contributed by atoms with van der Waals surface area (Å²) in [6.07, 6.45) is -0.314. The average molecular weight is 1170 g/mol. The zero-order chi connectivity index (χ0) is 62.2. The van der Waals surface area contributed by atoms with Crippen molar-refractivity contribution >= 4 is 65.0 Å². The molecule has 29 heteroatoms. The number of unbranched alkanes of at least 4 members (excludes halogenated alkanes) is 1. The number of nitrogens with one attached hydrogen (secondary N) is 11. The number of carbonyl (C=O) groups excluding carboxylic acids is 11. The first-order chi connectivity index (χ1) is 38.7. The molecule has 0 aromatic heterocycles. The van der Waals surface area contributed by atoms with Crippen molar-refractivity contribution in [3.05, 3.63) is 0 Å². The third-order valence-electron chi connectivity index (χ3n) is 14.1. The number of aliphatic hydroxyl groups excluding tert-OH is 2. The van der Waals surface area contributed by atoms with E-state index in [0.717, 1.165) is 19.3 Å². The highest BCUT2D eigenvalue weighted by molar-refractivity contribution is 5.99. The van der Waals surface area contributed by atoms with Gasteiger partial charge in [-0.05, 0) is 116 Å². The second-order valence-electron chi connectivity index (χ2n) is 21.7. The van der Waals surface area contributed by atoms with E-state index in [1.807, 2.05) is 0 Å². The van der Waals surface area contributed by atoms with Crippen LogP contribution in [-0.2, 0) is 52.7 Å². The maximum absolute atomic E-state index is 14.4. The van der Waals surface area contributed by atoms with Crippen LogP contribution in [0.1, 0.15) is 139 Å². The summed E-state index contributed by atoms with van der Waals surface area (Å²) in [4.78, 5) is 152. The standard InChI is InChI=1S/C53H100N16O13/c1-9-29(5)13-11-12-14-40(72)60-34(16-22-55)47(76)68-42(31(7)70)52(81)63-33(15-21-54)44(73)59-26-20-38-46(75)66-39(27-28(3)4)50(79)62-36(18-24-57)48(77)67-41(30(6)10-2)51(80)64-35(17-23-56)45(74)61-37(19-25-58)49(78)69-43(32(8)71)53(82)65-38/h28-39,41-43,70-71H,9-27,54-58H2,1-8H3,(H,59,73)(H,60,72)(H,61,74)(H,62,79)(H,63,81)(H,64,80)(H,65,82)(H,66,75)(H,67,77)(H,68,76)(H,69,78)/t29?,30-,31+,32+,33-,34-,35-,36-,37-,38-,39+,41-,42-,43-/m0/s1. The van der Waals surface area contributed by atoms with Gasteiger partial charge >= 0.3 is 0 Å². The van der Waals surface area contributed by atoms with Gasteiger partial charge in [0, 0.05) is 13.0 Å². The van der Waals surface area contributed by atoms with Crippen LogP contribution in [0.3, 0.4) is 0 Å². The summed E-state index contributed by atoms with van der Waals surface area (Å²) in [6, 6.07) is -14.4. The fourth-order valence-electron chi connectivity index (χ4n) is 8.74. The molecule has 0 radical (unpaired) electrons. The number of hydrogen-bond acceptors (Lipinski definition) is 18. The van der Waals surface area contributed by atoms with Gasteiger partial charge in [0.2, 0.25) is 65.0 Å². The van der Waals surface area contributed by atoms with Gasteiger partial charge in [0.05, 0.1) is 12.2 Å². The molecule has 0 bridgehead atoms. The van der Waals surface area contributed by atoms with E-state index in [2.05, 4.69) is 72.3 Å². The Morgan fingerprint density at radius 1 is 0.488 bits per heavy atom. The molecule has 23 N–H and O–H groups in total. The summed E-state index contributed by atoms with van der Waals surface area (Å²) < 4.78 is 0. The Labute approximate surface area is 482 Å². The molecule has 29 nitrogen and oxygen atoms in total. The van der Waals surface area contributed by atoms with E-state index in [4.69, 9.17) is 28.7 Å². The Hall–Kier alpha value is -6.11. The molecule has 1 aliphatic rings. The van der Waals surface area contributed by atoms with Gasteiger partial charge < -0.3 is 97.4 Å². The van der Waals surface area contributed by atoms with Gasteiger partial charge in [-0.3, -0.25) is 52.7 Å². The lowest BCUT2D eigenvalue weighted by Crippen LogP contribution is -2.62. The Bertz CT molecular complexity index is 2070. The van der Waals surface area contributed by atoms with Crippen molar-refractivity contribution < 1.29 is 63.0 Å². The van der Waals surface area contributed by atoms with Crippen molar-refractivity contribution in [2.75, 3.05) is 39.3 Å². The van der Waals surface area contributed by atoms with E-state index in [-0.39, 0.29) is 83.6 Å². The van der Waals surface area contributed by atoms with Crippen LogP contribution >= 0.6 is 0 Å². The maximum Gasteiger partial charge on any atom is 0.245 e. The fourth-order valence-corrected chi connectivity index (χ4v) is 8.74. The van der Waals surface area contributed by atoms with Crippen molar-refractivity contribution in [2.24, 2.45) is 46.4 Å². The van der Waals surface area contributed by atoms with Gasteiger partial charge in [-0.2, -0.15) is 0 Å². The second kappa shape index (κ2) is 39.4. The summed E-state index contributed by atoms with van der Waals surface area (Å²) in [7, 11) is 0. The van der Waals surface area contributed by atoms with E-state index >= 15 is 0 Å². The molecule has 82 heavy (non-hydrogen) atoms. The van der Waals surface area contributed by atoms with Crippen LogP contribution in [-0.4, -0.2) is 187 Å². The first kappa shape index (κ1) is 73.9. The van der Waals surface area contributed by atoms with Gasteiger partial charge in [0.1, 0.15) is 60.4 Å². The van der Waals surface area contributed by atoms with Crippen LogP contribution < -0.4 is 87.2 Å². The molecule has 1 saturated heterocycles. The van der Waals surface area contributed by atoms with E-state index in [1.165, 1.54) is 13.8 Å². The van der Waals surface area contributed by atoms with Gasteiger partial charge in [-0.1, -0.05) is 67.2 Å². The third-order valence-corrected chi connectivity index (χ3v) is 14.1. The summed E-state index contributed by atoms with van der Waals surface area (Å²) in [5, 5.41) is 49.7. The van der Waals surface area contributed by atoms with Crippen LogP contribution in [0.25, 0.3) is 0 Å². The maximum atomic E-state index is 14.4. The molecule has 470 valence electrons. The zero-order valence-electron chi connectivity index (χ0n) is 49.4. The number of hydrogen-bond donors (Lipinski definition) is 18. The highest BCUT2D eigenvalue weighted by Crippen LogP contribution is 2.14. The number of nitrogens with two attached hydrogens (primary N) is 5. The molecule has 0 saturated carbocycles. The molecule has 1 fully saturated rings. The topological polar surface area (TPSA) is 491 Å². The number of carbonyl (C=O) groups is 11. The van der Waals surface area contributed by atoms with Gasteiger partial charge in [0.25, 0.3) is 0 Å². The molecule has 1 unspecified atom stereocenters. The summed E-state index contributed by atoms with van der Waals surface area (Å²) >= 11 is 0. The normalized spacial score (nSPS) is 23.5. The minimum atomic E-state index is -1.80. The summed E-state index contributed by atoms with van der Waals surface area (Å²) in [5.74, 6) is -9.76. The van der Waals surface area contributed by atoms with Gasteiger partial charge in [0.15, 0.2) is 0 Å². The molecule has 11 amide bonds. The van der Waals surface area contributed by atoms with Crippen molar-refractivity contribution in [1.29, 1.82) is 0 Å². The third kappa shape index (κ3) is 26.4. The molecule has 1 heterocycles. The Balaban J connectivity index is 3.71. The van der Waals surface area contributed by atoms with E-state index in [1.54, 1.807) is 27.7 Å². The van der Waals surface area contributed by atoms with Gasteiger partial charge in [-0.25, -0.2) is 0 Å². The Kier molecular flexibility index (Phi) is 35.5. The molecule has 0 aromatic carbocycles. The van der Waals surface area contributed by atoms with Crippen LogP contribution in [0.2, 0.25) is 0 Å².